The number of carbonyl (C=O) groups is 1. The summed E-state index contributed by atoms with van der Waals surface area (Å²) in [5, 5.41) is 6.64. The molecule has 6 heteroatoms. The Labute approximate surface area is 174 Å². The van der Waals surface area contributed by atoms with Crippen LogP contribution in [0.1, 0.15) is 40.9 Å². The topological polar surface area (TPSA) is 66.0 Å². The van der Waals surface area contributed by atoms with Crippen molar-refractivity contribution in [2.24, 2.45) is 4.99 Å². The Balaban J connectivity index is 2.04. The minimum atomic E-state index is -0.00161. The minimum absolute atomic E-state index is 0.00161. The summed E-state index contributed by atoms with van der Waals surface area (Å²) < 4.78 is 5.76. The van der Waals surface area contributed by atoms with Gasteiger partial charge in [-0.2, -0.15) is 0 Å². The molecular weight excluding hydrogens is 364 g/mol. The lowest BCUT2D eigenvalue weighted by atomic mass is 10.1. The van der Waals surface area contributed by atoms with Crippen molar-refractivity contribution in [3.63, 3.8) is 0 Å². The first-order chi connectivity index (χ1) is 13.9. The summed E-state index contributed by atoms with van der Waals surface area (Å²) >= 11 is 0. The van der Waals surface area contributed by atoms with Gasteiger partial charge in [-0.15, -0.1) is 0 Å². The summed E-state index contributed by atoms with van der Waals surface area (Å²) in [4.78, 5) is 18.2. The Bertz CT molecular complexity index is 829. The van der Waals surface area contributed by atoms with Crippen LogP contribution in [0, 0.1) is 6.92 Å². The van der Waals surface area contributed by atoms with Crippen molar-refractivity contribution in [1.82, 2.24) is 15.5 Å². The van der Waals surface area contributed by atoms with Gasteiger partial charge in [0.25, 0.3) is 5.91 Å². The van der Waals surface area contributed by atoms with Crippen molar-refractivity contribution >= 4 is 11.9 Å². The summed E-state index contributed by atoms with van der Waals surface area (Å²) in [5.41, 5.74) is 3.99. The highest BCUT2D eigenvalue weighted by atomic mass is 16.5. The molecule has 156 valence electrons. The van der Waals surface area contributed by atoms with Crippen LogP contribution in [0.15, 0.2) is 47.5 Å². The fourth-order valence-corrected chi connectivity index (χ4v) is 2.80. The summed E-state index contributed by atoms with van der Waals surface area (Å²) in [6, 6.07) is 13.8. The first kappa shape index (κ1) is 22.3. The zero-order chi connectivity index (χ0) is 21.2. The lowest BCUT2D eigenvalue weighted by Crippen LogP contribution is -2.36. The molecular formula is C23H32N4O2. The number of nitrogens with one attached hydrogen (secondary N) is 2. The number of benzene rings is 2. The largest absolute Gasteiger partial charge is 0.494 e. The lowest BCUT2D eigenvalue weighted by molar-refractivity contribution is 0.0827. The van der Waals surface area contributed by atoms with Crippen molar-refractivity contribution in [3.8, 4) is 5.75 Å². The van der Waals surface area contributed by atoms with Gasteiger partial charge in [0.2, 0.25) is 0 Å². The monoisotopic (exact) mass is 396 g/mol. The number of hydrogen-bond donors (Lipinski definition) is 2. The molecule has 0 aliphatic heterocycles. The highest BCUT2D eigenvalue weighted by molar-refractivity contribution is 5.93. The van der Waals surface area contributed by atoms with Gasteiger partial charge in [0.15, 0.2) is 5.96 Å². The Morgan fingerprint density at radius 2 is 1.79 bits per heavy atom. The number of rotatable bonds is 8. The van der Waals surface area contributed by atoms with Gasteiger partial charge in [-0.1, -0.05) is 24.3 Å². The summed E-state index contributed by atoms with van der Waals surface area (Å²) in [6.07, 6.45) is 0. The summed E-state index contributed by atoms with van der Waals surface area (Å²) in [6.45, 7) is 8.64. The standard InChI is InChI=1S/C23H32N4O2/c1-6-24-23(26-16-20-11-8-17(3)14-21(20)29-7-2)25-15-18-9-12-19(13-10-18)22(28)27(4)5/h8-14H,6-7,15-16H2,1-5H3,(H2,24,25,26). The molecule has 29 heavy (non-hydrogen) atoms. The first-order valence-electron chi connectivity index (χ1n) is 9.99. The van der Waals surface area contributed by atoms with E-state index < -0.39 is 0 Å². The Kier molecular flexibility index (Phi) is 8.52. The van der Waals surface area contributed by atoms with Crippen LogP contribution < -0.4 is 15.4 Å². The van der Waals surface area contributed by atoms with Gasteiger partial charge in [0, 0.05) is 38.3 Å². The molecule has 0 atom stereocenters. The van der Waals surface area contributed by atoms with Gasteiger partial charge in [-0.3, -0.25) is 4.79 Å². The smallest absolute Gasteiger partial charge is 0.253 e. The highest BCUT2D eigenvalue weighted by Crippen LogP contribution is 2.20. The molecule has 0 spiro atoms. The van der Waals surface area contributed by atoms with Gasteiger partial charge >= 0.3 is 0 Å². The molecule has 0 fully saturated rings. The number of amides is 1. The van der Waals surface area contributed by atoms with E-state index in [0.717, 1.165) is 29.4 Å². The molecule has 0 unspecified atom stereocenters. The molecule has 0 aliphatic carbocycles. The number of aliphatic imine (C=N–C) groups is 1. The zero-order valence-corrected chi connectivity index (χ0v) is 18.1. The van der Waals surface area contributed by atoms with Crippen LogP contribution in [0.4, 0.5) is 0 Å². The Morgan fingerprint density at radius 1 is 1.07 bits per heavy atom. The third-order valence-electron chi connectivity index (χ3n) is 4.34. The normalized spacial score (nSPS) is 11.1. The molecule has 2 N–H and O–H groups in total. The SMILES string of the molecule is CCNC(=NCc1ccc(C(=O)N(C)C)cc1)NCc1ccc(C)cc1OCC. The van der Waals surface area contributed by atoms with Crippen LogP contribution in [-0.4, -0.2) is 44.0 Å². The van der Waals surface area contributed by atoms with Crippen molar-refractivity contribution in [2.45, 2.75) is 33.9 Å². The number of aryl methyl sites for hydroxylation is 1. The molecule has 0 saturated carbocycles. The van der Waals surface area contributed by atoms with E-state index in [1.807, 2.05) is 38.1 Å². The zero-order valence-electron chi connectivity index (χ0n) is 18.1. The maximum absolute atomic E-state index is 12.0. The Hall–Kier alpha value is -3.02. The molecule has 1 amide bonds. The number of guanidine groups is 1. The van der Waals surface area contributed by atoms with Gasteiger partial charge in [-0.25, -0.2) is 4.99 Å². The van der Waals surface area contributed by atoms with Gasteiger partial charge in [0.05, 0.1) is 13.2 Å². The van der Waals surface area contributed by atoms with Crippen molar-refractivity contribution in [3.05, 3.63) is 64.7 Å². The number of ether oxygens (including phenoxy) is 1. The van der Waals surface area contributed by atoms with Crippen molar-refractivity contribution in [2.75, 3.05) is 27.2 Å². The third kappa shape index (κ3) is 6.82. The van der Waals surface area contributed by atoms with Crippen LogP contribution in [-0.2, 0) is 13.1 Å². The number of hydrogen-bond acceptors (Lipinski definition) is 3. The predicted molar refractivity (Wildman–Crippen MR) is 118 cm³/mol. The molecule has 0 saturated heterocycles. The molecule has 2 aromatic rings. The van der Waals surface area contributed by atoms with Crippen molar-refractivity contribution < 1.29 is 9.53 Å². The van der Waals surface area contributed by atoms with Gasteiger partial charge < -0.3 is 20.3 Å². The van der Waals surface area contributed by atoms with E-state index in [-0.39, 0.29) is 5.91 Å². The average Bonchev–Trinajstić information content (AvgIpc) is 2.71. The van der Waals surface area contributed by atoms with E-state index in [4.69, 9.17) is 4.74 Å². The fraction of sp³-hybridized carbons (Fsp3) is 0.391. The summed E-state index contributed by atoms with van der Waals surface area (Å²) in [5.74, 6) is 1.64. The van der Waals surface area contributed by atoms with E-state index in [1.54, 1.807) is 19.0 Å². The van der Waals surface area contributed by atoms with E-state index in [2.05, 4.69) is 40.7 Å². The maximum atomic E-state index is 12.0. The van der Waals surface area contributed by atoms with E-state index in [0.29, 0.717) is 25.3 Å². The van der Waals surface area contributed by atoms with Gasteiger partial charge in [-0.05, 0) is 50.1 Å². The highest BCUT2D eigenvalue weighted by Gasteiger charge is 2.08. The van der Waals surface area contributed by atoms with Crippen molar-refractivity contribution in [1.29, 1.82) is 0 Å². The average molecular weight is 397 g/mol. The fourth-order valence-electron chi connectivity index (χ4n) is 2.80. The third-order valence-corrected chi connectivity index (χ3v) is 4.34. The molecule has 0 aromatic heterocycles. The van der Waals surface area contributed by atoms with E-state index >= 15 is 0 Å². The molecule has 0 radical (unpaired) electrons. The maximum Gasteiger partial charge on any atom is 0.253 e. The van der Waals surface area contributed by atoms with Crippen LogP contribution in [0.3, 0.4) is 0 Å². The number of carbonyl (C=O) groups excluding carboxylic acids is 1. The molecule has 2 aromatic carbocycles. The minimum Gasteiger partial charge on any atom is -0.494 e. The Morgan fingerprint density at radius 3 is 2.41 bits per heavy atom. The van der Waals surface area contributed by atoms with E-state index in [1.165, 1.54) is 5.56 Å². The molecule has 6 nitrogen and oxygen atoms in total. The van der Waals surface area contributed by atoms with Crippen LogP contribution in [0.25, 0.3) is 0 Å². The summed E-state index contributed by atoms with van der Waals surface area (Å²) in [7, 11) is 3.50. The molecule has 0 aliphatic rings. The molecule has 0 bridgehead atoms. The van der Waals surface area contributed by atoms with Crippen LogP contribution in [0.2, 0.25) is 0 Å². The van der Waals surface area contributed by atoms with Crippen LogP contribution in [0.5, 0.6) is 5.75 Å². The molecule has 2 rings (SSSR count). The molecule has 0 heterocycles. The lowest BCUT2D eigenvalue weighted by Gasteiger charge is -2.15. The second-order valence-corrected chi connectivity index (χ2v) is 6.99. The predicted octanol–water partition coefficient (Wildman–Crippen LogP) is 3.35. The number of nitrogens with zero attached hydrogens (tertiary/aromatic N) is 2. The van der Waals surface area contributed by atoms with Crippen LogP contribution >= 0.6 is 0 Å². The van der Waals surface area contributed by atoms with Gasteiger partial charge in [0.1, 0.15) is 5.75 Å². The second-order valence-electron chi connectivity index (χ2n) is 6.99. The second kappa shape index (κ2) is 11.1. The quantitative estimate of drug-likeness (QED) is 0.530. The first-order valence-corrected chi connectivity index (χ1v) is 9.99. The van der Waals surface area contributed by atoms with E-state index in [9.17, 15) is 4.79 Å².